The maximum atomic E-state index is 12.2. The molecule has 1 aliphatic heterocycles. The van der Waals surface area contributed by atoms with E-state index in [0.717, 1.165) is 10.9 Å². The van der Waals surface area contributed by atoms with Gasteiger partial charge in [-0.2, -0.15) is 0 Å². The van der Waals surface area contributed by atoms with Gasteiger partial charge in [-0.15, -0.1) is 6.58 Å². The van der Waals surface area contributed by atoms with Crippen molar-refractivity contribution in [1.82, 2.24) is 4.90 Å². The first-order valence-corrected chi connectivity index (χ1v) is 7.19. The van der Waals surface area contributed by atoms with Gasteiger partial charge in [0.25, 0.3) is 5.91 Å². The third kappa shape index (κ3) is 2.62. The Morgan fingerprint density at radius 1 is 1.41 bits per heavy atom. The fourth-order valence-corrected chi connectivity index (χ4v) is 2.70. The molecule has 0 aliphatic carbocycles. The van der Waals surface area contributed by atoms with Gasteiger partial charge in [-0.25, -0.2) is 4.79 Å². The number of carbonyl (C=O) groups is 1. The molecule has 5 nitrogen and oxygen atoms in total. The van der Waals surface area contributed by atoms with Crippen molar-refractivity contribution in [3.63, 3.8) is 0 Å². The normalized spacial score (nSPS) is 18.0. The lowest BCUT2D eigenvalue weighted by Crippen LogP contribution is -2.32. The Morgan fingerprint density at radius 3 is 3.00 bits per heavy atom. The van der Waals surface area contributed by atoms with Gasteiger partial charge in [-0.05, 0) is 24.6 Å². The van der Waals surface area contributed by atoms with Gasteiger partial charge in [-0.1, -0.05) is 6.08 Å². The van der Waals surface area contributed by atoms with Gasteiger partial charge in [0.1, 0.15) is 11.3 Å². The zero-order valence-corrected chi connectivity index (χ0v) is 12.4. The third-order valence-corrected chi connectivity index (χ3v) is 3.80. The number of fused-ring (bicyclic) bond motifs is 1. The number of aryl methyl sites for hydroxylation is 1. The number of ether oxygens (including phenoxy) is 1. The van der Waals surface area contributed by atoms with Gasteiger partial charge in [0.15, 0.2) is 6.10 Å². The Bertz CT molecular complexity index is 793. The highest BCUT2D eigenvalue weighted by molar-refractivity contribution is 5.84. The molecule has 2 heterocycles. The van der Waals surface area contributed by atoms with E-state index in [0.29, 0.717) is 30.8 Å². The van der Waals surface area contributed by atoms with Crippen LogP contribution in [0.2, 0.25) is 0 Å². The number of rotatable bonds is 4. The molecule has 2 aromatic rings. The first-order chi connectivity index (χ1) is 10.6. The average molecular weight is 299 g/mol. The van der Waals surface area contributed by atoms with E-state index >= 15 is 0 Å². The third-order valence-electron chi connectivity index (χ3n) is 3.80. The summed E-state index contributed by atoms with van der Waals surface area (Å²) in [6.07, 6.45) is 1.85. The van der Waals surface area contributed by atoms with Crippen LogP contribution in [-0.4, -0.2) is 30.0 Å². The maximum absolute atomic E-state index is 12.2. The minimum absolute atomic E-state index is 0.0364. The molecular formula is C17H17NO4. The Morgan fingerprint density at radius 2 is 2.23 bits per heavy atom. The van der Waals surface area contributed by atoms with Crippen molar-refractivity contribution in [3.8, 4) is 5.75 Å². The van der Waals surface area contributed by atoms with E-state index in [4.69, 9.17) is 9.15 Å². The minimum Gasteiger partial charge on any atom is -0.480 e. The molecule has 1 aromatic heterocycles. The Balaban J connectivity index is 1.84. The molecule has 1 aliphatic rings. The van der Waals surface area contributed by atoms with Crippen LogP contribution in [0.3, 0.4) is 0 Å². The maximum Gasteiger partial charge on any atom is 0.336 e. The van der Waals surface area contributed by atoms with Gasteiger partial charge in [0, 0.05) is 37.0 Å². The van der Waals surface area contributed by atoms with E-state index in [-0.39, 0.29) is 5.91 Å². The molecule has 1 atom stereocenters. The lowest BCUT2D eigenvalue weighted by Gasteiger charge is -2.15. The second-order valence-electron chi connectivity index (χ2n) is 5.37. The fourth-order valence-electron chi connectivity index (χ4n) is 2.70. The minimum atomic E-state index is -0.492. The van der Waals surface area contributed by atoms with E-state index in [9.17, 15) is 9.59 Å². The van der Waals surface area contributed by atoms with Gasteiger partial charge in [0.2, 0.25) is 0 Å². The molecule has 0 N–H and O–H groups in total. The van der Waals surface area contributed by atoms with Crippen molar-refractivity contribution < 1.29 is 13.9 Å². The number of hydrogen-bond donors (Lipinski definition) is 0. The highest BCUT2D eigenvalue weighted by Crippen LogP contribution is 2.25. The first-order valence-electron chi connectivity index (χ1n) is 7.19. The highest BCUT2D eigenvalue weighted by Gasteiger charge is 2.32. The monoisotopic (exact) mass is 299 g/mol. The second-order valence-corrected chi connectivity index (χ2v) is 5.37. The molecule has 3 rings (SSSR count). The van der Waals surface area contributed by atoms with E-state index in [1.807, 2.05) is 13.0 Å². The van der Waals surface area contributed by atoms with E-state index < -0.39 is 11.7 Å². The molecule has 1 amide bonds. The van der Waals surface area contributed by atoms with Crippen LogP contribution in [-0.2, 0) is 4.79 Å². The van der Waals surface area contributed by atoms with Gasteiger partial charge >= 0.3 is 5.63 Å². The van der Waals surface area contributed by atoms with E-state index in [2.05, 4.69) is 6.58 Å². The predicted molar refractivity (Wildman–Crippen MR) is 83.0 cm³/mol. The van der Waals surface area contributed by atoms with Crippen molar-refractivity contribution in [1.29, 1.82) is 0 Å². The molecule has 5 heteroatoms. The van der Waals surface area contributed by atoms with E-state index in [1.165, 1.54) is 6.07 Å². The van der Waals surface area contributed by atoms with Gasteiger partial charge < -0.3 is 14.1 Å². The zero-order valence-electron chi connectivity index (χ0n) is 12.4. The summed E-state index contributed by atoms with van der Waals surface area (Å²) in [6.45, 7) is 6.69. The zero-order chi connectivity index (χ0) is 15.7. The highest BCUT2D eigenvalue weighted by atomic mass is 16.5. The molecule has 1 saturated heterocycles. The molecule has 0 unspecified atom stereocenters. The van der Waals surface area contributed by atoms with E-state index in [1.54, 1.807) is 23.1 Å². The van der Waals surface area contributed by atoms with Crippen LogP contribution in [0, 0.1) is 6.92 Å². The molecule has 114 valence electrons. The molecular weight excluding hydrogens is 282 g/mol. The lowest BCUT2D eigenvalue weighted by atomic mass is 10.1. The molecule has 0 spiro atoms. The first kappa shape index (κ1) is 14.4. The van der Waals surface area contributed by atoms with Crippen LogP contribution in [0.15, 0.2) is 46.1 Å². The van der Waals surface area contributed by atoms with Crippen LogP contribution in [0.25, 0.3) is 11.0 Å². The topological polar surface area (TPSA) is 59.8 Å². The Labute approximate surface area is 127 Å². The van der Waals surface area contributed by atoms with Crippen LogP contribution in [0.4, 0.5) is 0 Å². The fraction of sp³-hybridized carbons (Fsp3) is 0.294. The number of nitrogens with zero attached hydrogens (tertiary/aromatic N) is 1. The lowest BCUT2D eigenvalue weighted by molar-refractivity contribution is -0.132. The number of amides is 1. The van der Waals surface area contributed by atoms with Crippen LogP contribution < -0.4 is 10.4 Å². The summed E-state index contributed by atoms with van der Waals surface area (Å²) in [5, 5.41) is 0.859. The van der Waals surface area contributed by atoms with Gasteiger partial charge in [-0.3, -0.25) is 4.79 Å². The van der Waals surface area contributed by atoms with Crippen molar-refractivity contribution in [2.75, 3.05) is 13.1 Å². The quantitative estimate of drug-likeness (QED) is 0.642. The summed E-state index contributed by atoms with van der Waals surface area (Å²) >= 11 is 0. The predicted octanol–water partition coefficient (Wildman–Crippen LogP) is 2.27. The number of hydrogen-bond acceptors (Lipinski definition) is 4. The summed E-state index contributed by atoms with van der Waals surface area (Å²) < 4.78 is 11.0. The molecule has 22 heavy (non-hydrogen) atoms. The van der Waals surface area contributed by atoms with Crippen LogP contribution >= 0.6 is 0 Å². The summed E-state index contributed by atoms with van der Waals surface area (Å²) in [4.78, 5) is 25.3. The van der Waals surface area contributed by atoms with Crippen LogP contribution in [0.5, 0.6) is 5.75 Å². The molecule has 1 fully saturated rings. The van der Waals surface area contributed by atoms with Crippen LogP contribution in [0.1, 0.15) is 12.0 Å². The summed E-state index contributed by atoms with van der Waals surface area (Å²) in [5.74, 6) is 0.491. The SMILES string of the molecule is C=CCN1CC[C@H](Oc2ccc3c(C)cc(=O)oc3c2)C1=O. The largest absolute Gasteiger partial charge is 0.480 e. The number of likely N-dealkylation sites (tertiary alicyclic amines) is 1. The van der Waals surface area contributed by atoms with Crippen molar-refractivity contribution in [2.45, 2.75) is 19.4 Å². The molecule has 0 saturated carbocycles. The summed E-state index contributed by atoms with van der Waals surface area (Å²) in [6, 6.07) is 6.74. The number of benzene rings is 1. The molecule has 0 bridgehead atoms. The van der Waals surface area contributed by atoms with Gasteiger partial charge in [0.05, 0.1) is 0 Å². The summed E-state index contributed by atoms with van der Waals surface area (Å²) in [5.41, 5.74) is 0.930. The second kappa shape index (κ2) is 5.67. The average Bonchev–Trinajstić information content (AvgIpc) is 2.80. The summed E-state index contributed by atoms with van der Waals surface area (Å²) in [7, 11) is 0. The van der Waals surface area contributed by atoms with Crippen molar-refractivity contribution in [3.05, 3.63) is 52.9 Å². The van der Waals surface area contributed by atoms with Crippen molar-refractivity contribution >= 4 is 16.9 Å². The standard InChI is InChI=1S/C17H17NO4/c1-3-7-18-8-6-14(17(18)20)21-12-4-5-13-11(2)9-16(19)22-15(13)10-12/h3-5,9-10,14H,1,6-8H2,2H3/t14-/m0/s1. The Kier molecular flexibility index (Phi) is 3.71. The number of carbonyl (C=O) groups excluding carboxylic acids is 1. The van der Waals surface area contributed by atoms with Crippen molar-refractivity contribution in [2.24, 2.45) is 0 Å². The Hall–Kier alpha value is -2.56. The molecule has 0 radical (unpaired) electrons. The molecule has 1 aromatic carbocycles. The smallest absolute Gasteiger partial charge is 0.336 e.